The summed E-state index contributed by atoms with van der Waals surface area (Å²) in [5, 5.41) is 2.00. The molecule has 0 aliphatic carbocycles. The minimum Gasteiger partial charge on any atom is -0.540 e. The first-order valence-electron chi connectivity index (χ1n) is 5.58. The van der Waals surface area contributed by atoms with Gasteiger partial charge in [-0.25, -0.2) is 0 Å². The number of rotatable bonds is 3. The molecule has 0 saturated heterocycles. The predicted molar refractivity (Wildman–Crippen MR) is 75.6 cm³/mol. The van der Waals surface area contributed by atoms with E-state index in [0.717, 1.165) is 10.8 Å². The van der Waals surface area contributed by atoms with Crippen LogP contribution in [0.15, 0.2) is 54.6 Å². The third kappa shape index (κ3) is 3.11. The number of para-hydroxylation sites is 1. The Balaban J connectivity index is 2.21. The highest BCUT2D eigenvalue weighted by atomic mass is 35.5. The summed E-state index contributed by atoms with van der Waals surface area (Å²) in [5.74, 6) is 0.930. The maximum atomic E-state index is 6.12. The second-order valence-corrected chi connectivity index (χ2v) is 8.67. The second-order valence-electron chi connectivity index (χ2n) is 4.43. The van der Waals surface area contributed by atoms with E-state index >= 15 is 0 Å². The smallest absolute Gasteiger partial charge is 0.276 e. The summed E-state index contributed by atoms with van der Waals surface area (Å²) < 4.78 is 6.12. The summed E-state index contributed by atoms with van der Waals surface area (Å²) in [6, 6.07) is 17.9. The molecule has 0 aliphatic heterocycles. The molecule has 88 valence electrons. The summed E-state index contributed by atoms with van der Waals surface area (Å²) in [7, 11) is -1.90. The van der Waals surface area contributed by atoms with Gasteiger partial charge in [-0.3, -0.25) is 0 Å². The van der Waals surface area contributed by atoms with E-state index in [2.05, 4.69) is 25.2 Å². The Morgan fingerprint density at radius 2 is 1.47 bits per heavy atom. The van der Waals surface area contributed by atoms with Crippen LogP contribution in [0.25, 0.3) is 0 Å². The monoisotopic (exact) mass is 262 g/mol. The van der Waals surface area contributed by atoms with Crippen LogP contribution in [-0.4, -0.2) is 8.32 Å². The van der Waals surface area contributed by atoms with Crippen molar-refractivity contribution in [2.24, 2.45) is 0 Å². The van der Waals surface area contributed by atoms with Gasteiger partial charge in [0.25, 0.3) is 8.32 Å². The highest BCUT2D eigenvalue weighted by Gasteiger charge is 2.27. The lowest BCUT2D eigenvalue weighted by molar-refractivity contribution is 0.564. The number of hydrogen-bond acceptors (Lipinski definition) is 1. The van der Waals surface area contributed by atoms with Gasteiger partial charge in [-0.05, 0) is 42.5 Å². The lowest BCUT2D eigenvalue weighted by Gasteiger charge is -2.24. The lowest BCUT2D eigenvalue weighted by Crippen LogP contribution is -2.47. The SMILES string of the molecule is C[Si](C)(Oc1ccccc1)c1ccc(Cl)cc1. The Labute approximate surface area is 108 Å². The van der Waals surface area contributed by atoms with Gasteiger partial charge in [-0.15, -0.1) is 0 Å². The Hall–Kier alpha value is -1.25. The molecule has 1 nitrogen and oxygen atoms in total. The highest BCUT2D eigenvalue weighted by molar-refractivity contribution is 6.85. The molecule has 0 aliphatic rings. The maximum Gasteiger partial charge on any atom is 0.276 e. The fourth-order valence-corrected chi connectivity index (χ4v) is 3.63. The molecule has 2 aromatic rings. The fourth-order valence-electron chi connectivity index (χ4n) is 1.69. The van der Waals surface area contributed by atoms with Gasteiger partial charge in [0.1, 0.15) is 5.75 Å². The third-order valence-corrected chi connectivity index (χ3v) is 5.38. The molecule has 0 atom stereocenters. The van der Waals surface area contributed by atoms with E-state index in [0.29, 0.717) is 0 Å². The Kier molecular flexibility index (Phi) is 3.55. The molecule has 0 bridgehead atoms. The standard InChI is InChI=1S/C14H15ClOSi/c1-17(2,14-10-8-12(15)9-11-14)16-13-6-4-3-5-7-13/h3-11H,1-2H3. The maximum absolute atomic E-state index is 6.12. The topological polar surface area (TPSA) is 9.23 Å². The van der Waals surface area contributed by atoms with Crippen molar-refractivity contribution in [1.29, 1.82) is 0 Å². The van der Waals surface area contributed by atoms with Gasteiger partial charge in [0.2, 0.25) is 0 Å². The van der Waals surface area contributed by atoms with Crippen LogP contribution in [0.3, 0.4) is 0 Å². The highest BCUT2D eigenvalue weighted by Crippen LogP contribution is 2.16. The van der Waals surface area contributed by atoms with Crippen molar-refractivity contribution < 1.29 is 4.43 Å². The van der Waals surface area contributed by atoms with E-state index in [4.69, 9.17) is 16.0 Å². The van der Waals surface area contributed by atoms with Crippen LogP contribution in [0, 0.1) is 0 Å². The molecule has 0 radical (unpaired) electrons. The zero-order valence-corrected chi connectivity index (χ0v) is 11.7. The minimum absolute atomic E-state index is 0.762. The quantitative estimate of drug-likeness (QED) is 0.764. The van der Waals surface area contributed by atoms with Crippen molar-refractivity contribution in [3.05, 3.63) is 59.6 Å². The van der Waals surface area contributed by atoms with Crippen LogP contribution in [0.2, 0.25) is 18.1 Å². The molecule has 0 fully saturated rings. The average Bonchev–Trinajstić information content (AvgIpc) is 2.30. The van der Waals surface area contributed by atoms with Crippen molar-refractivity contribution in [2.45, 2.75) is 13.1 Å². The molecule has 2 aromatic carbocycles. The first-order valence-corrected chi connectivity index (χ1v) is 8.87. The molecule has 0 unspecified atom stereocenters. The summed E-state index contributed by atoms with van der Waals surface area (Å²) in [5.41, 5.74) is 0. The van der Waals surface area contributed by atoms with Gasteiger partial charge >= 0.3 is 0 Å². The first kappa shape index (κ1) is 12.2. The van der Waals surface area contributed by atoms with Crippen LogP contribution in [0.1, 0.15) is 0 Å². The zero-order valence-electron chi connectivity index (χ0n) is 9.98. The van der Waals surface area contributed by atoms with Crippen LogP contribution in [0.4, 0.5) is 0 Å². The van der Waals surface area contributed by atoms with Crippen LogP contribution < -0.4 is 9.61 Å². The Morgan fingerprint density at radius 3 is 2.06 bits per heavy atom. The van der Waals surface area contributed by atoms with Gasteiger partial charge < -0.3 is 4.43 Å². The zero-order chi connectivity index (χ0) is 12.3. The van der Waals surface area contributed by atoms with Crippen molar-refractivity contribution in [2.75, 3.05) is 0 Å². The van der Waals surface area contributed by atoms with Crippen molar-refractivity contribution in [3.63, 3.8) is 0 Å². The van der Waals surface area contributed by atoms with Crippen LogP contribution in [0.5, 0.6) is 5.75 Å². The first-order chi connectivity index (χ1) is 8.08. The van der Waals surface area contributed by atoms with E-state index in [1.807, 2.05) is 42.5 Å². The largest absolute Gasteiger partial charge is 0.540 e. The average molecular weight is 263 g/mol. The predicted octanol–water partition coefficient (Wildman–Crippen LogP) is 3.83. The van der Waals surface area contributed by atoms with Crippen LogP contribution >= 0.6 is 11.6 Å². The molecule has 0 spiro atoms. The lowest BCUT2D eigenvalue weighted by atomic mass is 10.3. The number of benzene rings is 2. The van der Waals surface area contributed by atoms with Crippen molar-refractivity contribution >= 4 is 25.1 Å². The molecule has 0 N–H and O–H groups in total. The summed E-state index contributed by atoms with van der Waals surface area (Å²) >= 11 is 5.90. The Morgan fingerprint density at radius 1 is 0.882 bits per heavy atom. The minimum atomic E-state index is -1.90. The number of halogens is 1. The van der Waals surface area contributed by atoms with Gasteiger partial charge in [0.15, 0.2) is 0 Å². The van der Waals surface area contributed by atoms with Crippen molar-refractivity contribution in [1.82, 2.24) is 0 Å². The van der Waals surface area contributed by atoms with E-state index in [-0.39, 0.29) is 0 Å². The molecule has 17 heavy (non-hydrogen) atoms. The molecule has 0 aromatic heterocycles. The molecular weight excluding hydrogens is 248 g/mol. The van der Waals surface area contributed by atoms with Gasteiger partial charge in [-0.2, -0.15) is 0 Å². The molecule has 0 heterocycles. The van der Waals surface area contributed by atoms with Gasteiger partial charge in [0.05, 0.1) is 0 Å². The number of hydrogen-bond donors (Lipinski definition) is 0. The van der Waals surface area contributed by atoms with Crippen molar-refractivity contribution in [3.8, 4) is 5.75 Å². The fraction of sp³-hybridized carbons (Fsp3) is 0.143. The van der Waals surface area contributed by atoms with Gasteiger partial charge in [-0.1, -0.05) is 41.9 Å². The molecule has 3 heteroatoms. The molecule has 0 saturated carbocycles. The second kappa shape index (κ2) is 4.94. The van der Waals surface area contributed by atoms with E-state index in [1.54, 1.807) is 0 Å². The molecule has 2 rings (SSSR count). The van der Waals surface area contributed by atoms with E-state index in [9.17, 15) is 0 Å². The summed E-state index contributed by atoms with van der Waals surface area (Å²) in [6.07, 6.45) is 0. The van der Waals surface area contributed by atoms with Gasteiger partial charge in [0, 0.05) is 5.02 Å². The van der Waals surface area contributed by atoms with Crippen LogP contribution in [-0.2, 0) is 0 Å². The summed E-state index contributed by atoms with van der Waals surface area (Å²) in [6.45, 7) is 4.37. The third-order valence-electron chi connectivity index (χ3n) is 2.66. The molecule has 0 amide bonds. The normalized spacial score (nSPS) is 11.2. The van der Waals surface area contributed by atoms with E-state index < -0.39 is 8.32 Å². The summed E-state index contributed by atoms with van der Waals surface area (Å²) in [4.78, 5) is 0. The molecular formula is C14H15ClOSi. The van der Waals surface area contributed by atoms with E-state index in [1.165, 1.54) is 5.19 Å². The Bertz CT molecular complexity index is 479.